The molecule has 2 N–H and O–H groups in total. The van der Waals surface area contributed by atoms with Gasteiger partial charge in [0.15, 0.2) is 5.76 Å². The molecule has 6 rings (SSSR count). The summed E-state index contributed by atoms with van der Waals surface area (Å²) in [5.41, 5.74) is 2.54. The first kappa shape index (κ1) is 25.0. The van der Waals surface area contributed by atoms with Crippen molar-refractivity contribution in [1.29, 1.82) is 0 Å². The van der Waals surface area contributed by atoms with Crippen LogP contribution in [0.4, 0.5) is 0 Å². The van der Waals surface area contributed by atoms with E-state index in [4.69, 9.17) is 9.47 Å². The van der Waals surface area contributed by atoms with E-state index in [1.807, 2.05) is 7.05 Å². The van der Waals surface area contributed by atoms with Gasteiger partial charge in [0.25, 0.3) is 0 Å². The number of nitrogens with zero attached hydrogens (tertiary/aromatic N) is 3. The fraction of sp³-hybridized carbons (Fsp3) is 0.214. The van der Waals surface area contributed by atoms with E-state index < -0.39 is 15.8 Å². The lowest BCUT2D eigenvalue weighted by Gasteiger charge is -2.18. The monoisotopic (exact) mass is 547 g/mol. The lowest BCUT2D eigenvalue weighted by Crippen LogP contribution is -2.28. The van der Waals surface area contributed by atoms with Crippen LogP contribution in [-0.2, 0) is 17.1 Å². The number of allylic oxidation sites excluding steroid dienone is 1. The number of Topliss-reactive ketones (excluding diaryl/α,β-unsaturated/α-hetero) is 1. The topological polar surface area (TPSA) is 131 Å². The van der Waals surface area contributed by atoms with Crippen LogP contribution in [0.3, 0.4) is 0 Å². The van der Waals surface area contributed by atoms with Gasteiger partial charge in [-0.3, -0.25) is 4.79 Å². The first-order valence-corrected chi connectivity index (χ1v) is 13.8. The van der Waals surface area contributed by atoms with Gasteiger partial charge in [-0.15, -0.1) is 0 Å². The van der Waals surface area contributed by atoms with Crippen LogP contribution in [-0.4, -0.2) is 58.5 Å². The molecular weight excluding hydrogens is 522 g/mol. The van der Waals surface area contributed by atoms with Crippen LogP contribution < -0.4 is 9.47 Å². The molecule has 1 fully saturated rings. The maximum atomic E-state index is 13.5. The number of phenols is 2. The van der Waals surface area contributed by atoms with Gasteiger partial charge in [-0.1, -0.05) is 6.07 Å². The van der Waals surface area contributed by atoms with Crippen LogP contribution in [0.2, 0.25) is 0 Å². The van der Waals surface area contributed by atoms with Gasteiger partial charge in [-0.2, -0.15) is 4.31 Å². The Morgan fingerprint density at radius 2 is 1.87 bits per heavy atom. The zero-order valence-electron chi connectivity index (χ0n) is 21.2. The maximum Gasteiger partial charge on any atom is 0.246 e. The number of aromatic hydroxyl groups is 2. The zero-order chi connectivity index (χ0) is 27.5. The summed E-state index contributed by atoms with van der Waals surface area (Å²) in [7, 11) is -0.511. The van der Waals surface area contributed by atoms with E-state index in [9.17, 15) is 23.4 Å². The molecule has 10 nitrogen and oxygen atoms in total. The molecule has 4 heterocycles. The lowest BCUT2D eigenvalue weighted by molar-refractivity contribution is 0.101. The number of hydrogen-bond donors (Lipinski definition) is 2. The molecule has 2 aliphatic heterocycles. The summed E-state index contributed by atoms with van der Waals surface area (Å²) in [5, 5.41) is 20.7. The zero-order valence-corrected chi connectivity index (χ0v) is 22.0. The van der Waals surface area contributed by atoms with E-state index in [-0.39, 0.29) is 39.2 Å². The summed E-state index contributed by atoms with van der Waals surface area (Å²) in [6.07, 6.45) is 6.61. The van der Waals surface area contributed by atoms with Crippen molar-refractivity contribution >= 4 is 32.9 Å². The summed E-state index contributed by atoms with van der Waals surface area (Å²) in [6.45, 7) is 0.935. The molecule has 0 radical (unpaired) electrons. The van der Waals surface area contributed by atoms with Crippen molar-refractivity contribution in [3.8, 4) is 34.1 Å². The van der Waals surface area contributed by atoms with Crippen molar-refractivity contribution in [2.45, 2.75) is 17.7 Å². The molecule has 4 aromatic rings. The third kappa shape index (κ3) is 4.01. The maximum absolute atomic E-state index is 13.5. The number of sulfonamides is 1. The van der Waals surface area contributed by atoms with E-state index in [2.05, 4.69) is 4.98 Å². The number of aromatic nitrogens is 2. The Morgan fingerprint density at radius 3 is 2.62 bits per heavy atom. The van der Waals surface area contributed by atoms with Gasteiger partial charge in [0.1, 0.15) is 39.1 Å². The highest BCUT2D eigenvalue weighted by Crippen LogP contribution is 2.42. The molecule has 11 heteroatoms. The molecule has 2 aliphatic rings. The third-order valence-electron chi connectivity index (χ3n) is 7.07. The predicted molar refractivity (Wildman–Crippen MR) is 143 cm³/mol. The molecule has 0 spiro atoms. The van der Waals surface area contributed by atoms with Gasteiger partial charge in [-0.05, 0) is 48.2 Å². The first-order valence-electron chi connectivity index (χ1n) is 12.3. The summed E-state index contributed by atoms with van der Waals surface area (Å²) in [6, 6.07) is 9.17. The van der Waals surface area contributed by atoms with E-state index >= 15 is 0 Å². The summed E-state index contributed by atoms with van der Waals surface area (Å²) in [4.78, 5) is 17.6. The van der Waals surface area contributed by atoms with Crippen LogP contribution in [0.1, 0.15) is 28.8 Å². The molecular formula is C28H25N3O7S. The number of ketones is 1. The molecule has 2 aromatic carbocycles. The van der Waals surface area contributed by atoms with Gasteiger partial charge in [0, 0.05) is 55.6 Å². The van der Waals surface area contributed by atoms with Crippen LogP contribution >= 0.6 is 0 Å². The van der Waals surface area contributed by atoms with Crippen LogP contribution in [0.25, 0.3) is 28.2 Å². The number of hydrogen-bond acceptors (Lipinski definition) is 8. The third-order valence-corrected chi connectivity index (χ3v) is 8.99. The van der Waals surface area contributed by atoms with Crippen LogP contribution in [0, 0.1) is 0 Å². The van der Waals surface area contributed by atoms with E-state index in [1.165, 1.54) is 17.5 Å². The van der Waals surface area contributed by atoms with E-state index in [0.717, 1.165) is 18.9 Å². The molecule has 0 bridgehead atoms. The Labute approximate surface area is 224 Å². The highest BCUT2D eigenvalue weighted by molar-refractivity contribution is 7.89. The minimum atomic E-state index is -3.77. The second-order valence-electron chi connectivity index (χ2n) is 9.51. The van der Waals surface area contributed by atoms with E-state index in [1.54, 1.807) is 47.3 Å². The minimum Gasteiger partial charge on any atom is -0.508 e. The van der Waals surface area contributed by atoms with Crippen molar-refractivity contribution in [2.75, 3.05) is 20.2 Å². The SMILES string of the molecule is COc1ccc(-c2ccnc3c2c(/C=C2\Oc4cc(O)cc(O)c4C2=O)cn3C)cc1S(=O)(=O)N1CCCC1. The average Bonchev–Trinajstić information content (AvgIpc) is 3.63. The molecule has 39 heavy (non-hydrogen) atoms. The molecule has 0 atom stereocenters. The van der Waals surface area contributed by atoms with E-state index in [0.29, 0.717) is 40.8 Å². The minimum absolute atomic E-state index is 0.0236. The lowest BCUT2D eigenvalue weighted by atomic mass is 10.0. The highest BCUT2D eigenvalue weighted by atomic mass is 32.2. The average molecular weight is 548 g/mol. The predicted octanol–water partition coefficient (Wildman–Crippen LogP) is 4.06. The summed E-state index contributed by atoms with van der Waals surface area (Å²) < 4.78 is 41.4. The summed E-state index contributed by atoms with van der Waals surface area (Å²) in [5.74, 6) is -0.820. The van der Waals surface area contributed by atoms with Crippen molar-refractivity contribution in [1.82, 2.24) is 13.9 Å². The van der Waals surface area contributed by atoms with Gasteiger partial charge < -0.3 is 24.3 Å². The number of pyridine rings is 1. The molecule has 0 amide bonds. The van der Waals surface area contributed by atoms with Gasteiger partial charge >= 0.3 is 0 Å². The van der Waals surface area contributed by atoms with Crippen molar-refractivity contribution in [2.24, 2.45) is 7.05 Å². The smallest absolute Gasteiger partial charge is 0.246 e. The highest BCUT2D eigenvalue weighted by Gasteiger charge is 2.33. The van der Waals surface area contributed by atoms with Crippen LogP contribution in [0.15, 0.2) is 59.4 Å². The van der Waals surface area contributed by atoms with Gasteiger partial charge in [0.2, 0.25) is 15.8 Å². The summed E-state index contributed by atoms with van der Waals surface area (Å²) >= 11 is 0. The quantitative estimate of drug-likeness (QED) is 0.358. The molecule has 2 aromatic heterocycles. The fourth-order valence-corrected chi connectivity index (χ4v) is 6.92. The Hall–Kier alpha value is -4.35. The number of carbonyl (C=O) groups excluding carboxylic acids is 1. The number of methoxy groups -OCH3 is 1. The van der Waals surface area contributed by atoms with Crippen molar-refractivity contribution in [3.05, 3.63) is 65.7 Å². The Balaban J connectivity index is 1.50. The molecule has 0 saturated carbocycles. The number of phenolic OH excluding ortho intramolecular Hbond substituents is 2. The normalized spacial score (nSPS) is 16.7. The van der Waals surface area contributed by atoms with Gasteiger partial charge in [-0.25, -0.2) is 13.4 Å². The molecule has 200 valence electrons. The first-order chi connectivity index (χ1) is 18.7. The second kappa shape index (κ2) is 9.14. The number of ether oxygens (including phenoxy) is 2. The Morgan fingerprint density at radius 1 is 1.10 bits per heavy atom. The fourth-order valence-electron chi connectivity index (χ4n) is 5.22. The number of benzene rings is 2. The number of aryl methyl sites for hydroxylation is 1. The Kier molecular flexibility index (Phi) is 5.85. The van der Waals surface area contributed by atoms with Crippen molar-refractivity contribution < 1.29 is 32.9 Å². The molecule has 1 saturated heterocycles. The largest absolute Gasteiger partial charge is 0.508 e. The number of fused-ring (bicyclic) bond motifs is 2. The van der Waals surface area contributed by atoms with Crippen molar-refractivity contribution in [3.63, 3.8) is 0 Å². The molecule has 0 unspecified atom stereocenters. The standard InChI is InChI=1S/C28H25N3O7S/c1-30-15-17(11-23-27(34)26-20(33)13-18(32)14-22(26)38-23)25-19(7-8-29-28(25)30)16-5-6-21(37-2)24(12-16)39(35,36)31-9-3-4-10-31/h5-8,11-15,32-33H,3-4,9-10H2,1-2H3/b23-11-. The number of rotatable bonds is 5. The number of carbonyl (C=O) groups is 1. The Bertz CT molecular complexity index is 1800. The second-order valence-corrected chi connectivity index (χ2v) is 11.4. The van der Waals surface area contributed by atoms with Crippen LogP contribution in [0.5, 0.6) is 23.0 Å². The molecule has 0 aliphatic carbocycles. The van der Waals surface area contributed by atoms with Gasteiger partial charge in [0.05, 0.1) is 7.11 Å².